The molecule has 3 rings (SSSR count). The number of anilines is 1. The van der Waals surface area contributed by atoms with E-state index in [4.69, 9.17) is 18.9 Å². The van der Waals surface area contributed by atoms with Gasteiger partial charge in [-0.05, 0) is 50.2 Å². The van der Waals surface area contributed by atoms with Crippen LogP contribution < -0.4 is 29.7 Å². The highest BCUT2D eigenvalue weighted by Gasteiger charge is 2.13. The maximum atomic E-state index is 12.4. The first kappa shape index (κ1) is 23.7. The summed E-state index contributed by atoms with van der Waals surface area (Å²) in [6, 6.07) is 15.9. The lowest BCUT2D eigenvalue weighted by Gasteiger charge is -2.16. The molecule has 0 fully saturated rings. The smallest absolute Gasteiger partial charge is 0.262 e. The van der Waals surface area contributed by atoms with Gasteiger partial charge in [0.05, 0.1) is 31.6 Å². The highest BCUT2D eigenvalue weighted by molar-refractivity contribution is 5.93. The largest absolute Gasteiger partial charge is 0.497 e. The summed E-state index contributed by atoms with van der Waals surface area (Å²) < 4.78 is 23.8. The van der Waals surface area contributed by atoms with Gasteiger partial charge in [-0.25, -0.2) is 0 Å². The number of aromatic nitrogens is 1. The molecule has 0 bridgehead atoms. The van der Waals surface area contributed by atoms with Gasteiger partial charge in [0.15, 0.2) is 12.4 Å². The van der Waals surface area contributed by atoms with E-state index in [0.29, 0.717) is 36.9 Å². The molecule has 0 aliphatic carbocycles. The van der Waals surface area contributed by atoms with E-state index in [2.05, 4.69) is 5.32 Å². The summed E-state index contributed by atoms with van der Waals surface area (Å²) in [5.74, 6) is 1.79. The van der Waals surface area contributed by atoms with Crippen LogP contribution in [0, 0.1) is 6.92 Å². The Hall–Kier alpha value is -3.94. The average molecular weight is 453 g/mol. The lowest BCUT2D eigenvalue weighted by atomic mass is 10.3. The Morgan fingerprint density at radius 3 is 2.42 bits per heavy atom. The molecule has 0 saturated heterocycles. The number of hydrogen-bond acceptors (Lipinski definition) is 6. The molecule has 1 aromatic heterocycles. The van der Waals surface area contributed by atoms with Gasteiger partial charge in [-0.2, -0.15) is 0 Å². The molecule has 0 radical (unpaired) electrons. The van der Waals surface area contributed by atoms with E-state index in [1.807, 2.05) is 41.8 Å². The zero-order valence-corrected chi connectivity index (χ0v) is 19.0. The third kappa shape index (κ3) is 6.52. The highest BCUT2D eigenvalue weighted by Crippen LogP contribution is 2.23. The Balaban J connectivity index is 1.58. The third-order valence-electron chi connectivity index (χ3n) is 4.86. The Morgan fingerprint density at radius 1 is 0.970 bits per heavy atom. The normalized spacial score (nSPS) is 10.4. The molecule has 0 spiro atoms. The summed E-state index contributed by atoms with van der Waals surface area (Å²) in [4.78, 5) is 24.7. The summed E-state index contributed by atoms with van der Waals surface area (Å²) in [6.45, 7) is 4.71. The number of nitrogens with zero attached hydrogens (tertiary/aromatic N) is 1. The number of hydrogen-bond donors (Lipinski definition) is 1. The van der Waals surface area contributed by atoms with Crippen molar-refractivity contribution in [2.75, 3.05) is 32.2 Å². The fourth-order valence-corrected chi connectivity index (χ4v) is 3.18. The zero-order valence-electron chi connectivity index (χ0n) is 19.0. The standard InChI is InChI=1S/C25H28N2O6/c1-4-31-23-8-6-5-7-21(23)26-24(29)17-33-25-18(2)27(14-13-22(25)28)15-16-32-20-11-9-19(30-3)10-12-20/h5-14H,4,15-17H2,1-3H3,(H,26,29). The molecule has 0 aliphatic rings. The Bertz CT molecular complexity index is 1120. The second-order valence-electron chi connectivity index (χ2n) is 7.08. The quantitative estimate of drug-likeness (QED) is 0.478. The molecule has 8 heteroatoms. The molecule has 0 unspecified atom stereocenters. The van der Waals surface area contributed by atoms with Crippen molar-refractivity contribution in [2.24, 2.45) is 0 Å². The van der Waals surface area contributed by atoms with Crippen LogP contribution >= 0.6 is 0 Å². The van der Waals surface area contributed by atoms with Gasteiger partial charge in [0.25, 0.3) is 5.91 Å². The summed E-state index contributed by atoms with van der Waals surface area (Å²) in [7, 11) is 1.61. The topological polar surface area (TPSA) is 88.0 Å². The van der Waals surface area contributed by atoms with E-state index < -0.39 is 0 Å². The van der Waals surface area contributed by atoms with Crippen molar-refractivity contribution in [3.63, 3.8) is 0 Å². The van der Waals surface area contributed by atoms with Gasteiger partial charge in [0.1, 0.15) is 23.9 Å². The molecule has 2 aromatic carbocycles. The first-order valence-electron chi connectivity index (χ1n) is 10.6. The molecular weight excluding hydrogens is 424 g/mol. The van der Waals surface area contributed by atoms with E-state index in [-0.39, 0.29) is 23.7 Å². The average Bonchev–Trinajstić information content (AvgIpc) is 2.82. The second kappa shape index (κ2) is 11.6. The van der Waals surface area contributed by atoms with E-state index in [9.17, 15) is 9.59 Å². The van der Waals surface area contributed by atoms with Crippen molar-refractivity contribution in [1.82, 2.24) is 4.57 Å². The molecule has 8 nitrogen and oxygen atoms in total. The predicted octanol–water partition coefficient (Wildman–Crippen LogP) is 3.66. The molecule has 0 aliphatic heterocycles. The van der Waals surface area contributed by atoms with Crippen LogP contribution in [0.5, 0.6) is 23.0 Å². The Morgan fingerprint density at radius 2 is 1.70 bits per heavy atom. The molecule has 1 heterocycles. The SMILES string of the molecule is CCOc1ccccc1NC(=O)COc1c(C)n(CCOc2ccc(OC)cc2)ccc1=O. The minimum Gasteiger partial charge on any atom is -0.497 e. The van der Waals surface area contributed by atoms with Gasteiger partial charge in [0.2, 0.25) is 5.43 Å². The van der Waals surface area contributed by atoms with E-state index >= 15 is 0 Å². The number of ether oxygens (including phenoxy) is 4. The summed E-state index contributed by atoms with van der Waals surface area (Å²) in [5.41, 5.74) is 0.872. The minimum atomic E-state index is -0.390. The number of amides is 1. The molecule has 1 amide bonds. The van der Waals surface area contributed by atoms with E-state index in [1.165, 1.54) is 6.07 Å². The number of pyridine rings is 1. The highest BCUT2D eigenvalue weighted by atomic mass is 16.5. The van der Waals surface area contributed by atoms with Crippen molar-refractivity contribution in [2.45, 2.75) is 20.4 Å². The lowest BCUT2D eigenvalue weighted by Crippen LogP contribution is -2.24. The van der Waals surface area contributed by atoms with Crippen LogP contribution in [0.4, 0.5) is 5.69 Å². The molecule has 0 saturated carbocycles. The second-order valence-corrected chi connectivity index (χ2v) is 7.08. The van der Waals surface area contributed by atoms with E-state index in [1.54, 1.807) is 38.4 Å². The monoisotopic (exact) mass is 452 g/mol. The lowest BCUT2D eigenvalue weighted by molar-refractivity contribution is -0.118. The van der Waals surface area contributed by atoms with E-state index in [0.717, 1.165) is 11.5 Å². The van der Waals surface area contributed by atoms with Gasteiger partial charge in [-0.15, -0.1) is 0 Å². The van der Waals surface area contributed by atoms with Crippen LogP contribution in [-0.2, 0) is 11.3 Å². The van der Waals surface area contributed by atoms with Crippen molar-refractivity contribution in [3.8, 4) is 23.0 Å². The number of benzene rings is 2. The van der Waals surface area contributed by atoms with Crippen LogP contribution in [0.3, 0.4) is 0 Å². The summed E-state index contributed by atoms with van der Waals surface area (Å²) in [5, 5.41) is 2.75. The molecule has 0 atom stereocenters. The first-order chi connectivity index (χ1) is 16.0. The maximum Gasteiger partial charge on any atom is 0.262 e. The molecule has 174 valence electrons. The molecular formula is C25H28N2O6. The van der Waals surface area contributed by atoms with Crippen LogP contribution in [0.15, 0.2) is 65.6 Å². The Labute approximate surface area is 192 Å². The Kier molecular flexibility index (Phi) is 8.35. The molecule has 33 heavy (non-hydrogen) atoms. The number of methoxy groups -OCH3 is 1. The summed E-state index contributed by atoms with van der Waals surface area (Å²) in [6.07, 6.45) is 1.68. The maximum absolute atomic E-state index is 12.4. The fraction of sp³-hybridized carbons (Fsp3) is 0.280. The number of para-hydroxylation sites is 2. The molecule has 1 N–H and O–H groups in total. The van der Waals surface area contributed by atoms with Gasteiger partial charge >= 0.3 is 0 Å². The van der Waals surface area contributed by atoms with Crippen LogP contribution in [0.1, 0.15) is 12.6 Å². The number of nitrogens with one attached hydrogen (secondary N) is 1. The summed E-state index contributed by atoms with van der Waals surface area (Å²) >= 11 is 0. The van der Waals surface area contributed by atoms with Crippen LogP contribution in [0.2, 0.25) is 0 Å². The van der Waals surface area contributed by atoms with Gasteiger partial charge in [-0.1, -0.05) is 12.1 Å². The van der Waals surface area contributed by atoms with Crippen LogP contribution in [0.25, 0.3) is 0 Å². The van der Waals surface area contributed by atoms with Crippen molar-refractivity contribution in [1.29, 1.82) is 0 Å². The van der Waals surface area contributed by atoms with Gasteiger partial charge < -0.3 is 28.8 Å². The number of carbonyl (C=O) groups is 1. The van der Waals surface area contributed by atoms with Crippen molar-refractivity contribution >= 4 is 11.6 Å². The third-order valence-corrected chi connectivity index (χ3v) is 4.86. The van der Waals surface area contributed by atoms with Gasteiger partial charge in [-0.3, -0.25) is 9.59 Å². The van der Waals surface area contributed by atoms with Gasteiger partial charge in [0, 0.05) is 12.3 Å². The van der Waals surface area contributed by atoms with Crippen molar-refractivity contribution < 1.29 is 23.7 Å². The minimum absolute atomic E-state index is 0.134. The number of carbonyl (C=O) groups excluding carboxylic acids is 1. The van der Waals surface area contributed by atoms with Crippen molar-refractivity contribution in [3.05, 3.63) is 76.7 Å². The van der Waals surface area contributed by atoms with Crippen LogP contribution in [-0.4, -0.2) is 37.4 Å². The zero-order chi connectivity index (χ0) is 23.6. The number of rotatable bonds is 11. The predicted molar refractivity (Wildman–Crippen MR) is 126 cm³/mol. The fourth-order valence-electron chi connectivity index (χ4n) is 3.18. The molecule has 3 aromatic rings. The first-order valence-corrected chi connectivity index (χ1v) is 10.6.